The summed E-state index contributed by atoms with van der Waals surface area (Å²) in [6.45, 7) is 9.05. The number of fused-ring (bicyclic) bond motifs is 1. The van der Waals surface area contributed by atoms with Crippen molar-refractivity contribution in [3.8, 4) is 0 Å². The normalized spacial score (nSPS) is 11.6. The highest BCUT2D eigenvalue weighted by atomic mass is 16.5. The van der Waals surface area contributed by atoms with Crippen LogP contribution >= 0.6 is 0 Å². The molecular weight excluding hydrogens is 268 g/mol. The van der Waals surface area contributed by atoms with Gasteiger partial charge in [-0.2, -0.15) is 5.10 Å². The van der Waals surface area contributed by atoms with Crippen LogP contribution in [0, 0.1) is 6.92 Å². The van der Waals surface area contributed by atoms with Crippen molar-refractivity contribution in [3.05, 3.63) is 34.5 Å². The molecule has 0 aliphatic heterocycles. The number of hydrogen-bond donors (Lipinski definition) is 1. The molecule has 2 heterocycles. The van der Waals surface area contributed by atoms with E-state index in [1.54, 1.807) is 15.3 Å². The Hall–Kier alpha value is -1.66. The number of ether oxygens (including phenoxy) is 1. The zero-order chi connectivity index (χ0) is 15.2. The van der Waals surface area contributed by atoms with E-state index < -0.39 is 0 Å². The first kappa shape index (κ1) is 15.7. The predicted molar refractivity (Wildman–Crippen MR) is 82.8 cm³/mol. The molecule has 0 bridgehead atoms. The number of rotatable bonds is 8. The van der Waals surface area contributed by atoms with Gasteiger partial charge in [0.05, 0.1) is 11.8 Å². The molecule has 1 N–H and O–H groups in total. The van der Waals surface area contributed by atoms with Crippen molar-refractivity contribution in [2.45, 2.75) is 39.8 Å². The summed E-state index contributed by atoms with van der Waals surface area (Å²) >= 11 is 0. The Bertz CT molecular complexity index is 630. The van der Waals surface area contributed by atoms with Crippen LogP contribution in [0.2, 0.25) is 0 Å². The number of aryl methyl sites for hydroxylation is 1. The third kappa shape index (κ3) is 4.41. The summed E-state index contributed by atoms with van der Waals surface area (Å²) in [4.78, 5) is 12.2. The van der Waals surface area contributed by atoms with Gasteiger partial charge in [0.2, 0.25) is 0 Å². The average Bonchev–Trinajstić information content (AvgIpc) is 2.81. The fourth-order valence-electron chi connectivity index (χ4n) is 2.17. The summed E-state index contributed by atoms with van der Waals surface area (Å²) in [5, 5.41) is 7.56. The lowest BCUT2D eigenvalue weighted by Gasteiger charge is -2.09. The molecule has 2 rings (SSSR count). The van der Waals surface area contributed by atoms with E-state index in [0.717, 1.165) is 31.8 Å². The van der Waals surface area contributed by atoms with Crippen LogP contribution in [0.3, 0.4) is 0 Å². The Morgan fingerprint density at radius 3 is 2.90 bits per heavy atom. The molecule has 0 atom stereocenters. The third-order valence-corrected chi connectivity index (χ3v) is 3.20. The maximum Gasteiger partial charge on any atom is 0.276 e. The van der Waals surface area contributed by atoms with Gasteiger partial charge in [-0.25, -0.2) is 4.52 Å². The van der Waals surface area contributed by atoms with Gasteiger partial charge in [0.1, 0.15) is 5.52 Å². The van der Waals surface area contributed by atoms with Crippen molar-refractivity contribution < 1.29 is 4.74 Å². The molecule has 0 aliphatic rings. The zero-order valence-electron chi connectivity index (χ0n) is 13.0. The standard InChI is InChI=1S/C15H24N4O2/c1-12(2)21-10-4-5-16-6-7-18-8-9-19-14(15(18)20)11-13(3)17-19/h8-9,11-12,16H,4-7,10H2,1-3H3. The largest absolute Gasteiger partial charge is 0.379 e. The summed E-state index contributed by atoms with van der Waals surface area (Å²) < 4.78 is 8.82. The van der Waals surface area contributed by atoms with Crippen LogP contribution in [0.5, 0.6) is 0 Å². The van der Waals surface area contributed by atoms with Gasteiger partial charge in [-0.15, -0.1) is 0 Å². The predicted octanol–water partition coefficient (Wildman–Crippen LogP) is 1.21. The average molecular weight is 292 g/mol. The van der Waals surface area contributed by atoms with Crippen molar-refractivity contribution in [1.29, 1.82) is 0 Å². The summed E-state index contributed by atoms with van der Waals surface area (Å²) in [6.07, 6.45) is 4.87. The first-order valence-electron chi connectivity index (χ1n) is 7.45. The fraction of sp³-hybridized carbons (Fsp3) is 0.600. The van der Waals surface area contributed by atoms with E-state index in [-0.39, 0.29) is 11.7 Å². The molecule has 116 valence electrons. The minimum Gasteiger partial charge on any atom is -0.379 e. The molecule has 0 spiro atoms. The quantitative estimate of drug-likeness (QED) is 0.743. The summed E-state index contributed by atoms with van der Waals surface area (Å²) in [5.74, 6) is 0. The van der Waals surface area contributed by atoms with E-state index >= 15 is 0 Å². The summed E-state index contributed by atoms with van der Waals surface area (Å²) in [7, 11) is 0. The van der Waals surface area contributed by atoms with Gasteiger partial charge in [0.15, 0.2) is 0 Å². The lowest BCUT2D eigenvalue weighted by molar-refractivity contribution is 0.0771. The minimum atomic E-state index is 0.00282. The Labute approximate surface area is 124 Å². The second-order valence-electron chi connectivity index (χ2n) is 5.44. The molecule has 6 nitrogen and oxygen atoms in total. The molecule has 0 aromatic carbocycles. The van der Waals surface area contributed by atoms with E-state index in [0.29, 0.717) is 12.1 Å². The summed E-state index contributed by atoms with van der Waals surface area (Å²) in [5.41, 5.74) is 1.48. The van der Waals surface area contributed by atoms with Crippen LogP contribution in [-0.2, 0) is 11.3 Å². The van der Waals surface area contributed by atoms with E-state index in [1.807, 2.05) is 33.0 Å². The Morgan fingerprint density at radius 2 is 2.14 bits per heavy atom. The molecule has 0 amide bonds. The molecule has 0 aliphatic carbocycles. The molecule has 6 heteroatoms. The smallest absolute Gasteiger partial charge is 0.276 e. The third-order valence-electron chi connectivity index (χ3n) is 3.20. The van der Waals surface area contributed by atoms with Crippen molar-refractivity contribution >= 4 is 5.52 Å². The van der Waals surface area contributed by atoms with E-state index in [1.165, 1.54) is 0 Å². The van der Waals surface area contributed by atoms with E-state index in [9.17, 15) is 4.79 Å². The monoisotopic (exact) mass is 292 g/mol. The highest BCUT2D eigenvalue weighted by Crippen LogP contribution is 1.99. The molecule has 0 radical (unpaired) electrons. The van der Waals surface area contributed by atoms with Crippen molar-refractivity contribution in [1.82, 2.24) is 19.5 Å². The first-order chi connectivity index (χ1) is 10.1. The van der Waals surface area contributed by atoms with E-state index in [2.05, 4.69) is 10.4 Å². The van der Waals surface area contributed by atoms with Gasteiger partial charge in [-0.3, -0.25) is 4.79 Å². The maximum atomic E-state index is 12.2. The second kappa shape index (κ2) is 7.38. The number of hydrogen-bond acceptors (Lipinski definition) is 4. The molecule has 0 saturated carbocycles. The first-order valence-corrected chi connectivity index (χ1v) is 7.45. The zero-order valence-corrected chi connectivity index (χ0v) is 13.0. The lowest BCUT2D eigenvalue weighted by Crippen LogP contribution is -2.28. The van der Waals surface area contributed by atoms with Crippen LogP contribution in [0.1, 0.15) is 26.0 Å². The molecule has 2 aromatic rings. The van der Waals surface area contributed by atoms with Gasteiger partial charge in [-0.1, -0.05) is 0 Å². The van der Waals surface area contributed by atoms with E-state index in [4.69, 9.17) is 4.74 Å². The van der Waals surface area contributed by atoms with Crippen molar-refractivity contribution in [2.75, 3.05) is 19.7 Å². The SMILES string of the molecule is Cc1cc2c(=O)n(CCNCCCOC(C)C)ccn2n1. The maximum absolute atomic E-state index is 12.2. The topological polar surface area (TPSA) is 60.6 Å². The van der Waals surface area contributed by atoms with Gasteiger partial charge in [0, 0.05) is 32.1 Å². The molecule has 2 aromatic heterocycles. The lowest BCUT2D eigenvalue weighted by atomic mass is 10.4. The number of nitrogens with one attached hydrogen (secondary N) is 1. The Morgan fingerprint density at radius 1 is 1.33 bits per heavy atom. The highest BCUT2D eigenvalue weighted by molar-refractivity contribution is 5.44. The molecule has 21 heavy (non-hydrogen) atoms. The van der Waals surface area contributed by atoms with Crippen molar-refractivity contribution in [3.63, 3.8) is 0 Å². The van der Waals surface area contributed by atoms with Crippen LogP contribution in [0.25, 0.3) is 5.52 Å². The minimum absolute atomic E-state index is 0.00282. The Balaban J connectivity index is 1.79. The van der Waals surface area contributed by atoms with Crippen LogP contribution in [0.15, 0.2) is 23.3 Å². The second-order valence-corrected chi connectivity index (χ2v) is 5.44. The number of nitrogens with zero attached hydrogens (tertiary/aromatic N) is 3. The van der Waals surface area contributed by atoms with Gasteiger partial charge in [0.25, 0.3) is 5.56 Å². The summed E-state index contributed by atoms with van der Waals surface area (Å²) in [6, 6.07) is 1.81. The fourth-order valence-corrected chi connectivity index (χ4v) is 2.17. The van der Waals surface area contributed by atoms with Gasteiger partial charge in [-0.05, 0) is 39.8 Å². The molecular formula is C15H24N4O2. The highest BCUT2D eigenvalue weighted by Gasteiger charge is 2.04. The van der Waals surface area contributed by atoms with Gasteiger partial charge < -0.3 is 14.6 Å². The molecule has 0 fully saturated rings. The van der Waals surface area contributed by atoms with Crippen molar-refractivity contribution in [2.24, 2.45) is 0 Å². The molecule has 0 saturated heterocycles. The van der Waals surface area contributed by atoms with Crippen LogP contribution in [0.4, 0.5) is 0 Å². The number of aromatic nitrogens is 3. The molecule has 0 unspecified atom stereocenters. The Kier molecular flexibility index (Phi) is 5.52. The van der Waals surface area contributed by atoms with Crippen LogP contribution in [-0.4, -0.2) is 40.0 Å². The van der Waals surface area contributed by atoms with Gasteiger partial charge >= 0.3 is 0 Å². The van der Waals surface area contributed by atoms with Crippen LogP contribution < -0.4 is 10.9 Å².